The van der Waals surface area contributed by atoms with E-state index < -0.39 is 35.6 Å². The Morgan fingerprint density at radius 3 is 2.52 bits per heavy atom. The summed E-state index contributed by atoms with van der Waals surface area (Å²) < 4.78 is 59.7. The maximum atomic E-state index is 14.6. The summed E-state index contributed by atoms with van der Waals surface area (Å²) in [4.78, 5) is 20.7. The summed E-state index contributed by atoms with van der Waals surface area (Å²) in [5.74, 6) is -1.88. The molecule has 0 saturated carbocycles. The largest absolute Gasteiger partial charge is 0.424 e. The van der Waals surface area contributed by atoms with Crippen LogP contribution >= 0.6 is 12.4 Å². The first-order valence-electron chi connectivity index (χ1n) is 9.56. The van der Waals surface area contributed by atoms with Gasteiger partial charge in [0.25, 0.3) is 0 Å². The zero-order chi connectivity index (χ0) is 23.9. The number of hydrogen-bond donors (Lipinski definition) is 1. The molecule has 3 rings (SSSR count). The van der Waals surface area contributed by atoms with E-state index in [2.05, 4.69) is 9.98 Å². The summed E-state index contributed by atoms with van der Waals surface area (Å²) in [6.07, 6.45) is -3.64. The average molecular weight is 485 g/mol. The molecule has 1 aliphatic heterocycles. The third kappa shape index (κ3) is 4.84. The number of hydrogen-bond acceptors (Lipinski definition) is 6. The van der Waals surface area contributed by atoms with E-state index in [-0.39, 0.29) is 35.9 Å². The lowest BCUT2D eigenvalue weighted by molar-refractivity contribution is -0.249. The fourth-order valence-electron chi connectivity index (χ4n) is 3.42. The van der Waals surface area contributed by atoms with E-state index in [4.69, 9.17) is 15.7 Å². The second-order valence-corrected chi connectivity index (χ2v) is 8.01. The predicted octanol–water partition coefficient (Wildman–Crippen LogP) is 4.17. The van der Waals surface area contributed by atoms with Gasteiger partial charge in [-0.1, -0.05) is 6.07 Å². The quantitative estimate of drug-likeness (QED) is 0.518. The molecule has 1 aliphatic rings. The van der Waals surface area contributed by atoms with Crippen molar-refractivity contribution in [2.45, 2.75) is 44.5 Å². The molecule has 1 aromatic carbocycles. The number of amidine groups is 1. The van der Waals surface area contributed by atoms with Crippen LogP contribution in [0.5, 0.6) is 0 Å². The van der Waals surface area contributed by atoms with Gasteiger partial charge in [0.2, 0.25) is 5.60 Å². The van der Waals surface area contributed by atoms with Gasteiger partial charge in [0, 0.05) is 18.2 Å². The minimum absolute atomic E-state index is 0. The van der Waals surface area contributed by atoms with Gasteiger partial charge >= 0.3 is 6.18 Å². The highest BCUT2D eigenvalue weighted by molar-refractivity contribution is 5.97. The van der Waals surface area contributed by atoms with Crippen molar-refractivity contribution >= 4 is 24.0 Å². The number of carbonyl (C=O) groups is 1. The number of ketones is 1. The van der Waals surface area contributed by atoms with E-state index in [1.54, 1.807) is 6.92 Å². The number of pyridine rings is 1. The van der Waals surface area contributed by atoms with E-state index >= 15 is 0 Å². The van der Waals surface area contributed by atoms with E-state index in [0.29, 0.717) is 16.7 Å². The van der Waals surface area contributed by atoms with Crippen LogP contribution in [-0.2, 0) is 16.7 Å². The molecular weight excluding hydrogens is 464 g/mol. The Morgan fingerprint density at radius 2 is 1.97 bits per heavy atom. The van der Waals surface area contributed by atoms with Crippen LogP contribution in [0, 0.1) is 24.1 Å². The molecule has 0 saturated heterocycles. The third-order valence-electron chi connectivity index (χ3n) is 5.49. The van der Waals surface area contributed by atoms with Crippen LogP contribution in [0.1, 0.15) is 46.6 Å². The standard InChI is InChI=1S/C22H20F4N4O2.ClH/c1-12-6-14(9-27)10-29-18(12)17(31)8-13-4-5-16(23)15(7-13)20(2)11-32-21(3,19(28)30-20)22(24,25)26;/h4-7,10H,8,11H2,1-3H3,(H2,28,30);1H/t20-,21+;/m0./s1. The highest BCUT2D eigenvalue weighted by Gasteiger charge is 2.59. The molecular formula is C22H21ClF4N4O2. The maximum absolute atomic E-state index is 14.6. The Kier molecular flexibility index (Phi) is 7.21. The second kappa shape index (κ2) is 9.08. The molecule has 0 unspecified atom stereocenters. The topological polar surface area (TPSA) is 101 Å². The van der Waals surface area contributed by atoms with Gasteiger partial charge in [-0.25, -0.2) is 4.39 Å². The third-order valence-corrected chi connectivity index (χ3v) is 5.49. The lowest BCUT2D eigenvalue weighted by atomic mass is 9.88. The van der Waals surface area contributed by atoms with E-state index in [9.17, 15) is 22.4 Å². The zero-order valence-corrected chi connectivity index (χ0v) is 18.8. The van der Waals surface area contributed by atoms with Crippen LogP contribution in [0.3, 0.4) is 0 Å². The van der Waals surface area contributed by atoms with E-state index in [1.165, 1.54) is 31.3 Å². The van der Waals surface area contributed by atoms with Gasteiger partial charge < -0.3 is 10.5 Å². The summed E-state index contributed by atoms with van der Waals surface area (Å²) >= 11 is 0. The first kappa shape index (κ1) is 26.2. The maximum Gasteiger partial charge on any atom is 0.424 e. The van der Waals surface area contributed by atoms with Crippen LogP contribution in [-0.4, -0.2) is 35.0 Å². The Bertz CT molecular complexity index is 1160. The van der Waals surface area contributed by atoms with E-state index in [0.717, 1.165) is 13.0 Å². The molecule has 0 fully saturated rings. The molecule has 2 N–H and O–H groups in total. The normalized spacial score (nSPS) is 22.7. The van der Waals surface area contributed by atoms with Gasteiger partial charge in [-0.05, 0) is 50.1 Å². The first-order valence-corrected chi connectivity index (χ1v) is 9.56. The number of alkyl halides is 3. The number of nitrogens with two attached hydrogens (primary N) is 1. The minimum Gasteiger partial charge on any atom is -0.385 e. The van der Waals surface area contributed by atoms with Gasteiger partial charge in [0.1, 0.15) is 29.0 Å². The summed E-state index contributed by atoms with van der Waals surface area (Å²) in [6, 6.07) is 7.35. The van der Waals surface area contributed by atoms with Crippen molar-refractivity contribution in [3.05, 3.63) is 64.2 Å². The SMILES string of the molecule is Cc1cc(C#N)cnc1C(=O)Cc1ccc(F)c([C@]2(C)CO[C@@](C)(C(F)(F)F)C(N)=N2)c1.Cl. The molecule has 0 bridgehead atoms. The van der Waals surface area contributed by atoms with E-state index in [1.807, 2.05) is 6.07 Å². The average Bonchev–Trinajstić information content (AvgIpc) is 2.71. The van der Waals surface area contributed by atoms with Crippen LogP contribution in [0.15, 0.2) is 35.5 Å². The predicted molar refractivity (Wildman–Crippen MR) is 115 cm³/mol. The van der Waals surface area contributed by atoms with Crippen molar-refractivity contribution in [2.75, 3.05) is 6.61 Å². The van der Waals surface area contributed by atoms with Crippen molar-refractivity contribution in [3.63, 3.8) is 0 Å². The number of nitrogens with zero attached hydrogens (tertiary/aromatic N) is 3. The van der Waals surface area contributed by atoms with Gasteiger partial charge in [-0.15, -0.1) is 12.4 Å². The van der Waals surface area contributed by atoms with Gasteiger partial charge in [-0.2, -0.15) is 18.4 Å². The summed E-state index contributed by atoms with van der Waals surface area (Å²) in [5.41, 5.74) is 2.69. The summed E-state index contributed by atoms with van der Waals surface area (Å²) in [5, 5.41) is 8.92. The number of rotatable bonds is 4. The van der Waals surface area contributed by atoms with Crippen LogP contribution in [0.2, 0.25) is 0 Å². The molecule has 33 heavy (non-hydrogen) atoms. The molecule has 1 aromatic heterocycles. The van der Waals surface area contributed by atoms with Crippen molar-refractivity contribution in [3.8, 4) is 6.07 Å². The monoisotopic (exact) mass is 484 g/mol. The van der Waals surface area contributed by atoms with Crippen molar-refractivity contribution in [2.24, 2.45) is 10.7 Å². The Labute approximate surface area is 193 Å². The number of halogens is 5. The van der Waals surface area contributed by atoms with Gasteiger partial charge in [0.05, 0.1) is 12.2 Å². The molecule has 0 amide bonds. The Balaban J connectivity index is 0.00000385. The molecule has 2 aromatic rings. The number of aromatic nitrogens is 1. The molecule has 2 heterocycles. The number of ether oxygens (including phenoxy) is 1. The molecule has 0 spiro atoms. The molecule has 11 heteroatoms. The fourth-order valence-corrected chi connectivity index (χ4v) is 3.42. The van der Waals surface area contributed by atoms with Crippen molar-refractivity contribution < 1.29 is 27.1 Å². The number of aliphatic imine (C=N–C) groups is 1. The molecule has 176 valence electrons. The molecule has 2 atom stereocenters. The van der Waals surface area contributed by atoms with Crippen LogP contribution in [0.4, 0.5) is 17.6 Å². The van der Waals surface area contributed by atoms with Crippen LogP contribution < -0.4 is 5.73 Å². The number of carbonyl (C=O) groups excluding carboxylic acids is 1. The summed E-state index contributed by atoms with van der Waals surface area (Å²) in [7, 11) is 0. The molecule has 0 radical (unpaired) electrons. The Hall–Kier alpha value is -3.03. The zero-order valence-electron chi connectivity index (χ0n) is 18.0. The number of Topliss-reactive ketones (excluding diaryl/α,β-unsaturated/α-hetero) is 1. The highest BCUT2D eigenvalue weighted by atomic mass is 35.5. The minimum atomic E-state index is -4.79. The lowest BCUT2D eigenvalue weighted by Gasteiger charge is -2.41. The van der Waals surface area contributed by atoms with Crippen molar-refractivity contribution in [1.29, 1.82) is 5.26 Å². The Morgan fingerprint density at radius 1 is 1.30 bits per heavy atom. The van der Waals surface area contributed by atoms with Crippen molar-refractivity contribution in [1.82, 2.24) is 4.98 Å². The molecule has 0 aliphatic carbocycles. The van der Waals surface area contributed by atoms with Crippen LogP contribution in [0.25, 0.3) is 0 Å². The number of nitriles is 1. The fraction of sp³-hybridized carbons (Fsp3) is 0.364. The van der Waals surface area contributed by atoms with Gasteiger partial charge in [0.15, 0.2) is 5.78 Å². The molecule has 6 nitrogen and oxygen atoms in total. The first-order chi connectivity index (χ1) is 14.8. The number of aryl methyl sites for hydroxylation is 1. The highest BCUT2D eigenvalue weighted by Crippen LogP contribution is 2.41. The summed E-state index contributed by atoms with van der Waals surface area (Å²) in [6.45, 7) is 3.26. The smallest absolute Gasteiger partial charge is 0.385 e. The number of benzene rings is 1. The lowest BCUT2D eigenvalue weighted by Crippen LogP contribution is -2.60. The second-order valence-electron chi connectivity index (χ2n) is 8.01. The van der Waals surface area contributed by atoms with Gasteiger partial charge in [-0.3, -0.25) is 14.8 Å².